The Morgan fingerprint density at radius 1 is 1.12 bits per heavy atom. The number of nitrogen functional groups attached to an aromatic ring is 1. The minimum absolute atomic E-state index is 0.160. The lowest BCUT2D eigenvalue weighted by molar-refractivity contribution is -0.153. The van der Waals surface area contributed by atoms with Gasteiger partial charge in [-0.1, -0.05) is 23.2 Å². The molecular formula is C21H16Cl2F3N5O2. The number of benzene rings is 1. The lowest BCUT2D eigenvalue weighted by atomic mass is 10.1. The van der Waals surface area contributed by atoms with Crippen molar-refractivity contribution in [2.75, 3.05) is 12.3 Å². The Morgan fingerprint density at radius 3 is 2.55 bits per heavy atom. The molecule has 0 aliphatic carbocycles. The summed E-state index contributed by atoms with van der Waals surface area (Å²) in [7, 11) is 0. The van der Waals surface area contributed by atoms with Crippen LogP contribution in [-0.4, -0.2) is 32.9 Å². The zero-order valence-corrected chi connectivity index (χ0v) is 18.5. The molecule has 0 fully saturated rings. The van der Waals surface area contributed by atoms with Gasteiger partial charge in [0.25, 0.3) is 0 Å². The average Bonchev–Trinajstić information content (AvgIpc) is 3.16. The van der Waals surface area contributed by atoms with Gasteiger partial charge in [0.05, 0.1) is 15.6 Å². The maximum absolute atomic E-state index is 12.5. The molecule has 4 rings (SSSR count). The lowest BCUT2D eigenvalue weighted by Crippen LogP contribution is -2.19. The number of hydrogen-bond donors (Lipinski definition) is 2. The van der Waals surface area contributed by atoms with Gasteiger partial charge < -0.3 is 15.2 Å². The third kappa shape index (κ3) is 5.07. The summed E-state index contributed by atoms with van der Waals surface area (Å²) >= 11 is 12.4. The molecule has 0 saturated carbocycles. The number of pyridine rings is 2. The SMILES string of the molecule is C[C@@H](Oc1ccc2[nH]nc(-c3cnc(N)c(OCC(F)(F)F)c3)c2c1)c1c(Cl)cncc1Cl. The van der Waals surface area contributed by atoms with E-state index in [1.165, 1.54) is 24.7 Å². The van der Waals surface area contributed by atoms with Crippen molar-refractivity contribution in [2.45, 2.75) is 19.2 Å². The minimum Gasteiger partial charge on any atom is -0.486 e. The number of aromatic nitrogens is 4. The molecule has 3 aromatic heterocycles. The summed E-state index contributed by atoms with van der Waals surface area (Å²) in [6.45, 7) is 0.307. The van der Waals surface area contributed by atoms with Crippen molar-refractivity contribution in [2.24, 2.45) is 0 Å². The van der Waals surface area contributed by atoms with Gasteiger partial charge in [0.2, 0.25) is 0 Å². The van der Waals surface area contributed by atoms with Crippen LogP contribution in [-0.2, 0) is 0 Å². The van der Waals surface area contributed by atoms with Gasteiger partial charge in [-0.2, -0.15) is 18.3 Å². The van der Waals surface area contributed by atoms with Crippen LogP contribution in [0.2, 0.25) is 10.0 Å². The first kappa shape index (κ1) is 22.9. The summed E-state index contributed by atoms with van der Waals surface area (Å²) in [4.78, 5) is 7.87. The van der Waals surface area contributed by atoms with Crippen LogP contribution in [0.25, 0.3) is 22.2 Å². The van der Waals surface area contributed by atoms with Gasteiger partial charge >= 0.3 is 6.18 Å². The first-order valence-corrected chi connectivity index (χ1v) is 10.3. The summed E-state index contributed by atoms with van der Waals surface area (Å²) < 4.78 is 48.4. The maximum atomic E-state index is 12.5. The number of anilines is 1. The largest absolute Gasteiger partial charge is 0.486 e. The Balaban J connectivity index is 1.65. The molecule has 0 bridgehead atoms. The third-order valence-corrected chi connectivity index (χ3v) is 5.29. The van der Waals surface area contributed by atoms with E-state index in [1.54, 1.807) is 25.1 Å². The molecule has 0 unspecified atom stereocenters. The topological polar surface area (TPSA) is 98.9 Å². The third-order valence-electron chi connectivity index (χ3n) is 4.69. The molecule has 0 radical (unpaired) electrons. The molecule has 0 saturated heterocycles. The highest BCUT2D eigenvalue weighted by Gasteiger charge is 2.29. The average molecular weight is 498 g/mol. The Bertz CT molecular complexity index is 1290. The highest BCUT2D eigenvalue weighted by molar-refractivity contribution is 6.35. The van der Waals surface area contributed by atoms with Crippen LogP contribution in [0, 0.1) is 0 Å². The Kier molecular flexibility index (Phi) is 6.22. The van der Waals surface area contributed by atoms with E-state index in [1.807, 2.05) is 0 Å². The number of halogens is 5. The molecular weight excluding hydrogens is 482 g/mol. The van der Waals surface area contributed by atoms with Gasteiger partial charge in [-0.25, -0.2) is 4.98 Å². The molecule has 4 aromatic rings. The predicted octanol–water partition coefficient (Wildman–Crippen LogP) is 5.99. The van der Waals surface area contributed by atoms with Crippen molar-refractivity contribution in [3.05, 3.63) is 58.5 Å². The molecule has 3 heterocycles. The summed E-state index contributed by atoms with van der Waals surface area (Å²) in [6.07, 6.45) is -0.635. The monoisotopic (exact) mass is 497 g/mol. The zero-order valence-electron chi connectivity index (χ0n) is 17.0. The fourth-order valence-corrected chi connectivity index (χ4v) is 3.89. The van der Waals surface area contributed by atoms with Crippen molar-refractivity contribution in [3.63, 3.8) is 0 Å². The van der Waals surface area contributed by atoms with Gasteiger partial charge in [0, 0.05) is 35.1 Å². The van der Waals surface area contributed by atoms with Gasteiger partial charge in [0.1, 0.15) is 17.5 Å². The standard InChI is InChI=1S/C21H16Cl2F3N5O2/c1-10(18-14(22)7-28-8-15(18)23)33-12-2-3-16-13(5-12)19(31-30-16)11-4-17(20(27)29-6-11)32-9-21(24,25)26/h2-8,10H,9H2,1H3,(H2,27,29)(H,30,31)/t10-/m1/s1. The summed E-state index contributed by atoms with van der Waals surface area (Å²) in [5, 5.41) is 8.54. The molecule has 0 aliphatic rings. The number of rotatable bonds is 6. The van der Waals surface area contributed by atoms with Gasteiger partial charge in [-0.15, -0.1) is 0 Å². The van der Waals surface area contributed by atoms with Gasteiger partial charge in [-0.3, -0.25) is 10.1 Å². The molecule has 3 N–H and O–H groups in total. The Hall–Kier alpha value is -3.24. The number of hydrogen-bond acceptors (Lipinski definition) is 6. The maximum Gasteiger partial charge on any atom is 0.422 e. The second-order valence-corrected chi connectivity index (χ2v) is 7.88. The van der Waals surface area contributed by atoms with Crippen molar-refractivity contribution in [1.29, 1.82) is 0 Å². The zero-order chi connectivity index (χ0) is 23.8. The van der Waals surface area contributed by atoms with E-state index in [0.717, 1.165) is 0 Å². The second kappa shape index (κ2) is 8.95. The summed E-state index contributed by atoms with van der Waals surface area (Å²) in [6, 6.07) is 6.59. The number of H-pyrrole nitrogens is 1. The van der Waals surface area contributed by atoms with Crippen molar-refractivity contribution in [3.8, 4) is 22.8 Å². The molecule has 0 aliphatic heterocycles. The van der Waals surface area contributed by atoms with E-state index < -0.39 is 18.9 Å². The van der Waals surface area contributed by atoms with E-state index in [4.69, 9.17) is 38.4 Å². The fourth-order valence-electron chi connectivity index (χ4n) is 3.22. The lowest BCUT2D eigenvalue weighted by Gasteiger charge is -2.17. The number of nitrogens with two attached hydrogens (primary N) is 1. The summed E-state index contributed by atoms with van der Waals surface area (Å²) in [5.41, 5.74) is 7.79. The first-order chi connectivity index (χ1) is 15.6. The van der Waals surface area contributed by atoms with Crippen molar-refractivity contribution in [1.82, 2.24) is 20.2 Å². The van der Waals surface area contributed by atoms with E-state index in [2.05, 4.69) is 20.2 Å². The number of fused-ring (bicyclic) bond motifs is 1. The van der Waals surface area contributed by atoms with Crippen LogP contribution in [0.15, 0.2) is 42.9 Å². The van der Waals surface area contributed by atoms with Crippen LogP contribution in [0.3, 0.4) is 0 Å². The molecule has 7 nitrogen and oxygen atoms in total. The Labute approximate surface area is 195 Å². The molecule has 172 valence electrons. The molecule has 12 heteroatoms. The van der Waals surface area contributed by atoms with Crippen LogP contribution in [0.4, 0.5) is 19.0 Å². The summed E-state index contributed by atoms with van der Waals surface area (Å²) in [5.74, 6) is 0.148. The first-order valence-electron chi connectivity index (χ1n) is 9.51. The van der Waals surface area contributed by atoms with Crippen LogP contribution >= 0.6 is 23.2 Å². The van der Waals surface area contributed by atoms with E-state index in [0.29, 0.717) is 43.5 Å². The van der Waals surface area contributed by atoms with E-state index in [-0.39, 0.29) is 11.6 Å². The number of nitrogens with zero attached hydrogens (tertiary/aromatic N) is 3. The van der Waals surface area contributed by atoms with Crippen LogP contribution in [0.1, 0.15) is 18.6 Å². The molecule has 0 amide bonds. The van der Waals surface area contributed by atoms with Crippen LogP contribution < -0.4 is 15.2 Å². The normalized spacial score (nSPS) is 12.7. The van der Waals surface area contributed by atoms with Gasteiger partial charge in [0.15, 0.2) is 18.2 Å². The van der Waals surface area contributed by atoms with Crippen molar-refractivity contribution < 1.29 is 22.6 Å². The highest BCUT2D eigenvalue weighted by atomic mass is 35.5. The molecule has 0 spiro atoms. The number of nitrogens with one attached hydrogen (secondary N) is 1. The van der Waals surface area contributed by atoms with E-state index in [9.17, 15) is 13.2 Å². The molecule has 1 aromatic carbocycles. The smallest absolute Gasteiger partial charge is 0.422 e. The van der Waals surface area contributed by atoms with Crippen molar-refractivity contribution >= 4 is 39.9 Å². The minimum atomic E-state index is -4.51. The number of ether oxygens (including phenoxy) is 2. The number of alkyl halides is 3. The van der Waals surface area contributed by atoms with Gasteiger partial charge in [-0.05, 0) is 31.2 Å². The molecule has 1 atom stereocenters. The fraction of sp³-hybridized carbons (Fsp3) is 0.190. The predicted molar refractivity (Wildman–Crippen MR) is 119 cm³/mol. The van der Waals surface area contributed by atoms with E-state index >= 15 is 0 Å². The van der Waals surface area contributed by atoms with Crippen LogP contribution in [0.5, 0.6) is 11.5 Å². The highest BCUT2D eigenvalue weighted by Crippen LogP contribution is 2.36. The Morgan fingerprint density at radius 2 is 1.85 bits per heavy atom. The second-order valence-electron chi connectivity index (χ2n) is 7.07. The number of aromatic amines is 1. The quantitative estimate of drug-likeness (QED) is 0.339. The molecule has 33 heavy (non-hydrogen) atoms.